The van der Waals surface area contributed by atoms with Crippen LogP contribution >= 0.6 is 0 Å². The van der Waals surface area contributed by atoms with Gasteiger partial charge in [0.15, 0.2) is 0 Å². The summed E-state index contributed by atoms with van der Waals surface area (Å²) < 4.78 is 5.14. The Morgan fingerprint density at radius 1 is 1.39 bits per heavy atom. The van der Waals surface area contributed by atoms with Gasteiger partial charge in [-0.15, -0.1) is 0 Å². The number of amides is 1. The molecule has 0 heterocycles. The van der Waals surface area contributed by atoms with Gasteiger partial charge in [0.1, 0.15) is 5.75 Å². The Morgan fingerprint density at radius 3 is 2.67 bits per heavy atom. The quantitative estimate of drug-likeness (QED) is 0.630. The second-order valence-corrected chi connectivity index (χ2v) is 3.65. The number of benzene rings is 1. The van der Waals surface area contributed by atoms with E-state index in [2.05, 4.69) is 5.32 Å². The third kappa shape index (κ3) is 4.20. The third-order valence-electron chi connectivity index (χ3n) is 2.34. The number of nitrogens with one attached hydrogen (secondary N) is 1. The smallest absolute Gasteiger partial charge is 0.244 e. The SMILES string of the molecule is COc1ccccc1C=CC(=O)NC(CO)CO. The van der Waals surface area contributed by atoms with Crippen molar-refractivity contribution >= 4 is 12.0 Å². The second kappa shape index (κ2) is 7.47. The molecule has 0 radical (unpaired) electrons. The normalized spacial score (nSPS) is 10.9. The Morgan fingerprint density at radius 2 is 2.06 bits per heavy atom. The Labute approximate surface area is 106 Å². The number of aliphatic hydroxyl groups excluding tert-OH is 2. The number of carbonyl (C=O) groups excluding carboxylic acids is 1. The fourth-order valence-electron chi connectivity index (χ4n) is 1.37. The fourth-order valence-corrected chi connectivity index (χ4v) is 1.37. The maximum Gasteiger partial charge on any atom is 0.244 e. The lowest BCUT2D eigenvalue weighted by Crippen LogP contribution is -2.39. The van der Waals surface area contributed by atoms with Gasteiger partial charge in [-0.3, -0.25) is 4.79 Å². The first-order chi connectivity index (χ1) is 8.71. The first-order valence-corrected chi connectivity index (χ1v) is 5.54. The van der Waals surface area contributed by atoms with Crippen LogP contribution in [0.3, 0.4) is 0 Å². The summed E-state index contributed by atoms with van der Waals surface area (Å²) >= 11 is 0. The summed E-state index contributed by atoms with van der Waals surface area (Å²) in [4.78, 5) is 11.5. The molecule has 0 unspecified atom stereocenters. The number of para-hydroxylation sites is 1. The molecule has 1 amide bonds. The summed E-state index contributed by atoms with van der Waals surface area (Å²) in [5.74, 6) is 0.288. The van der Waals surface area contributed by atoms with Crippen molar-refractivity contribution in [2.24, 2.45) is 0 Å². The standard InChI is InChI=1S/C13H17NO4/c1-18-12-5-3-2-4-10(12)6-7-13(17)14-11(8-15)9-16/h2-7,11,15-16H,8-9H2,1H3,(H,14,17). The molecule has 0 aliphatic carbocycles. The summed E-state index contributed by atoms with van der Waals surface area (Å²) in [6.45, 7) is -0.602. The lowest BCUT2D eigenvalue weighted by molar-refractivity contribution is -0.117. The van der Waals surface area contributed by atoms with Gasteiger partial charge in [0, 0.05) is 11.6 Å². The number of rotatable bonds is 6. The lowest BCUT2D eigenvalue weighted by Gasteiger charge is -2.11. The van der Waals surface area contributed by atoms with Crippen molar-refractivity contribution in [1.29, 1.82) is 0 Å². The molecular weight excluding hydrogens is 234 g/mol. The lowest BCUT2D eigenvalue weighted by atomic mass is 10.2. The molecule has 0 aromatic heterocycles. The molecule has 1 rings (SSSR count). The number of ether oxygens (including phenoxy) is 1. The number of hydrogen-bond acceptors (Lipinski definition) is 4. The van der Waals surface area contributed by atoms with Crippen LogP contribution in [0.25, 0.3) is 6.08 Å². The van der Waals surface area contributed by atoms with Crippen LogP contribution in [-0.2, 0) is 4.79 Å². The summed E-state index contributed by atoms with van der Waals surface area (Å²) in [7, 11) is 1.56. The second-order valence-electron chi connectivity index (χ2n) is 3.65. The maximum absolute atomic E-state index is 11.5. The molecule has 0 aliphatic heterocycles. The highest BCUT2D eigenvalue weighted by Gasteiger charge is 2.07. The van der Waals surface area contributed by atoms with Gasteiger partial charge in [0.05, 0.1) is 26.4 Å². The molecule has 18 heavy (non-hydrogen) atoms. The van der Waals surface area contributed by atoms with Crippen molar-refractivity contribution in [2.45, 2.75) is 6.04 Å². The van der Waals surface area contributed by atoms with E-state index >= 15 is 0 Å². The topological polar surface area (TPSA) is 78.8 Å². The van der Waals surface area contributed by atoms with E-state index in [9.17, 15) is 4.79 Å². The largest absolute Gasteiger partial charge is 0.496 e. The molecule has 0 saturated carbocycles. The van der Waals surface area contributed by atoms with Gasteiger partial charge in [-0.1, -0.05) is 18.2 Å². The van der Waals surface area contributed by atoms with Gasteiger partial charge in [0.2, 0.25) is 5.91 Å². The van der Waals surface area contributed by atoms with Crippen molar-refractivity contribution < 1.29 is 19.7 Å². The van der Waals surface area contributed by atoms with E-state index in [-0.39, 0.29) is 19.1 Å². The van der Waals surface area contributed by atoms with E-state index in [4.69, 9.17) is 14.9 Å². The zero-order valence-electron chi connectivity index (χ0n) is 10.2. The molecule has 0 fully saturated rings. The minimum Gasteiger partial charge on any atom is -0.496 e. The van der Waals surface area contributed by atoms with E-state index in [1.165, 1.54) is 6.08 Å². The molecule has 0 spiro atoms. The molecule has 1 aromatic rings. The number of aliphatic hydroxyl groups is 2. The summed E-state index contributed by atoms with van der Waals surface area (Å²) in [5.41, 5.74) is 0.777. The number of hydrogen-bond donors (Lipinski definition) is 3. The highest BCUT2D eigenvalue weighted by Crippen LogP contribution is 2.18. The van der Waals surface area contributed by atoms with Gasteiger partial charge < -0.3 is 20.3 Å². The monoisotopic (exact) mass is 251 g/mol. The van der Waals surface area contributed by atoms with Gasteiger partial charge in [-0.25, -0.2) is 0 Å². The van der Waals surface area contributed by atoms with E-state index in [1.54, 1.807) is 19.3 Å². The van der Waals surface area contributed by atoms with Gasteiger partial charge in [0.25, 0.3) is 0 Å². The minimum atomic E-state index is -0.639. The summed E-state index contributed by atoms with van der Waals surface area (Å²) in [6.07, 6.45) is 2.94. The van der Waals surface area contributed by atoms with Crippen LogP contribution in [-0.4, -0.2) is 42.5 Å². The van der Waals surface area contributed by atoms with Crippen molar-refractivity contribution in [3.8, 4) is 5.75 Å². The zero-order chi connectivity index (χ0) is 13.4. The molecule has 5 heteroatoms. The van der Waals surface area contributed by atoms with Crippen LogP contribution < -0.4 is 10.1 Å². The fraction of sp³-hybridized carbons (Fsp3) is 0.308. The predicted molar refractivity (Wildman–Crippen MR) is 68.1 cm³/mol. The molecule has 0 bridgehead atoms. The first kappa shape index (κ1) is 14.2. The Kier molecular flexibility index (Phi) is 5.90. The van der Waals surface area contributed by atoms with Gasteiger partial charge in [-0.05, 0) is 12.1 Å². The van der Waals surface area contributed by atoms with E-state index < -0.39 is 6.04 Å². The Bertz CT molecular complexity index is 413. The molecule has 3 N–H and O–H groups in total. The van der Waals surface area contributed by atoms with E-state index in [0.29, 0.717) is 5.75 Å². The van der Waals surface area contributed by atoms with Crippen molar-refractivity contribution in [3.63, 3.8) is 0 Å². The zero-order valence-corrected chi connectivity index (χ0v) is 10.2. The number of carbonyl (C=O) groups is 1. The van der Waals surface area contributed by atoms with Gasteiger partial charge in [-0.2, -0.15) is 0 Å². The Balaban J connectivity index is 2.66. The van der Waals surface area contributed by atoms with E-state index in [1.807, 2.05) is 18.2 Å². The van der Waals surface area contributed by atoms with Gasteiger partial charge >= 0.3 is 0 Å². The Hall–Kier alpha value is -1.85. The van der Waals surface area contributed by atoms with Crippen LogP contribution in [0.4, 0.5) is 0 Å². The third-order valence-corrected chi connectivity index (χ3v) is 2.34. The molecule has 1 aromatic carbocycles. The van der Waals surface area contributed by atoms with Crippen molar-refractivity contribution in [3.05, 3.63) is 35.9 Å². The predicted octanol–water partition coefficient (Wildman–Crippen LogP) is 0.178. The average Bonchev–Trinajstić information content (AvgIpc) is 2.42. The molecular formula is C13H17NO4. The highest BCUT2D eigenvalue weighted by molar-refractivity contribution is 5.92. The number of methoxy groups -OCH3 is 1. The molecule has 0 saturated heterocycles. The van der Waals surface area contributed by atoms with Crippen LogP contribution in [0.2, 0.25) is 0 Å². The highest BCUT2D eigenvalue weighted by atomic mass is 16.5. The summed E-state index contributed by atoms with van der Waals surface area (Å²) in [6, 6.07) is 6.65. The van der Waals surface area contributed by atoms with Crippen LogP contribution in [0, 0.1) is 0 Å². The van der Waals surface area contributed by atoms with Crippen LogP contribution in [0.5, 0.6) is 5.75 Å². The minimum absolute atomic E-state index is 0.301. The summed E-state index contributed by atoms with van der Waals surface area (Å²) in [5, 5.41) is 20.1. The maximum atomic E-state index is 11.5. The molecule has 98 valence electrons. The molecule has 0 aliphatic rings. The van der Waals surface area contributed by atoms with Crippen molar-refractivity contribution in [1.82, 2.24) is 5.32 Å². The first-order valence-electron chi connectivity index (χ1n) is 5.54. The van der Waals surface area contributed by atoms with Crippen LogP contribution in [0.1, 0.15) is 5.56 Å². The molecule has 0 atom stereocenters. The van der Waals surface area contributed by atoms with Crippen LogP contribution in [0.15, 0.2) is 30.3 Å². The average molecular weight is 251 g/mol. The van der Waals surface area contributed by atoms with E-state index in [0.717, 1.165) is 5.56 Å². The molecule has 5 nitrogen and oxygen atoms in total. The van der Waals surface area contributed by atoms with Crippen molar-refractivity contribution in [2.75, 3.05) is 20.3 Å².